The maximum Gasteiger partial charge on any atom is 0.415 e. The van der Waals surface area contributed by atoms with Crippen LogP contribution in [0.5, 0.6) is 11.5 Å². The lowest BCUT2D eigenvalue weighted by molar-refractivity contribution is -0.104. The molecular formula is C35H39N9O6. The Balaban J connectivity index is 1.17. The van der Waals surface area contributed by atoms with Crippen molar-refractivity contribution in [3.63, 3.8) is 0 Å². The Bertz CT molecular complexity index is 2110. The highest BCUT2D eigenvalue weighted by Gasteiger charge is 2.44. The molecule has 3 aliphatic heterocycles. The zero-order valence-corrected chi connectivity index (χ0v) is 28.5. The summed E-state index contributed by atoms with van der Waals surface area (Å²) in [4.78, 5) is 40.1. The third-order valence-corrected chi connectivity index (χ3v) is 9.35. The van der Waals surface area contributed by atoms with Crippen LogP contribution in [0.25, 0.3) is 33.5 Å². The molecule has 7 heterocycles. The minimum absolute atomic E-state index is 0.221. The van der Waals surface area contributed by atoms with Gasteiger partial charge >= 0.3 is 6.09 Å². The van der Waals surface area contributed by atoms with E-state index in [2.05, 4.69) is 20.3 Å². The van der Waals surface area contributed by atoms with Crippen LogP contribution in [0.3, 0.4) is 0 Å². The van der Waals surface area contributed by atoms with Crippen molar-refractivity contribution in [2.24, 2.45) is 5.41 Å². The van der Waals surface area contributed by atoms with E-state index >= 15 is 0 Å². The number of carbonyl (C=O) groups is 2. The lowest BCUT2D eigenvalue weighted by Crippen LogP contribution is -2.45. The molecule has 260 valence electrons. The Labute approximate surface area is 288 Å². The molecule has 1 spiro atoms. The van der Waals surface area contributed by atoms with Crippen LogP contribution >= 0.6 is 0 Å². The first kappa shape index (κ1) is 32.0. The molecule has 15 nitrogen and oxygen atoms in total. The Hall–Kier alpha value is -5.28. The number of hydrogen-bond acceptors (Lipinski definition) is 11. The number of rotatable bonds is 7. The second-order valence-corrected chi connectivity index (χ2v) is 14.0. The van der Waals surface area contributed by atoms with Gasteiger partial charge in [0.2, 0.25) is 0 Å². The van der Waals surface area contributed by atoms with Gasteiger partial charge in [-0.2, -0.15) is 10.2 Å². The van der Waals surface area contributed by atoms with Crippen molar-refractivity contribution in [2.45, 2.75) is 32.8 Å². The normalized spacial score (nSPS) is 17.1. The number of nitrogens with zero attached hydrogens (tertiary/aromatic N) is 8. The van der Waals surface area contributed by atoms with Crippen LogP contribution in [0.15, 0.2) is 49.1 Å². The van der Waals surface area contributed by atoms with Crippen LogP contribution < -0.4 is 19.7 Å². The summed E-state index contributed by atoms with van der Waals surface area (Å²) in [6.07, 6.45) is 7.52. The molecule has 1 N–H and O–H groups in total. The lowest BCUT2D eigenvalue weighted by atomic mass is 9.85. The largest absolute Gasteiger partial charge is 0.494 e. The van der Waals surface area contributed by atoms with Crippen molar-refractivity contribution in [1.29, 1.82) is 0 Å². The van der Waals surface area contributed by atoms with E-state index in [-0.39, 0.29) is 23.6 Å². The number of likely N-dealkylation sites (tertiary alicyclic amines) is 1. The molecule has 2 fully saturated rings. The van der Waals surface area contributed by atoms with Crippen LogP contribution in [0.2, 0.25) is 0 Å². The summed E-state index contributed by atoms with van der Waals surface area (Å²) < 4.78 is 26.4. The summed E-state index contributed by atoms with van der Waals surface area (Å²) in [6, 6.07) is 7.16. The zero-order chi connectivity index (χ0) is 34.6. The van der Waals surface area contributed by atoms with Gasteiger partial charge in [0.25, 0.3) is 5.91 Å². The number of pyridine rings is 1. The minimum Gasteiger partial charge on any atom is -0.494 e. The van der Waals surface area contributed by atoms with Crippen LogP contribution in [-0.2, 0) is 9.47 Å². The molecule has 0 saturated carbocycles. The van der Waals surface area contributed by atoms with Crippen molar-refractivity contribution in [3.05, 3.63) is 54.7 Å². The summed E-state index contributed by atoms with van der Waals surface area (Å²) in [5.74, 6) is 0.554. The van der Waals surface area contributed by atoms with Gasteiger partial charge in [0.05, 0.1) is 60.9 Å². The fourth-order valence-electron chi connectivity index (χ4n) is 6.84. The highest BCUT2D eigenvalue weighted by Crippen LogP contribution is 2.41. The predicted octanol–water partition coefficient (Wildman–Crippen LogP) is 3.72. The van der Waals surface area contributed by atoms with Crippen molar-refractivity contribution in [2.75, 3.05) is 64.6 Å². The summed E-state index contributed by atoms with van der Waals surface area (Å²) >= 11 is 0. The molecule has 0 bridgehead atoms. The molecule has 1 aromatic carbocycles. The van der Waals surface area contributed by atoms with E-state index in [0.717, 1.165) is 44.8 Å². The average Bonchev–Trinajstić information content (AvgIpc) is 3.82. The fourth-order valence-corrected chi connectivity index (χ4v) is 6.84. The van der Waals surface area contributed by atoms with Gasteiger partial charge < -0.3 is 29.2 Å². The second kappa shape index (κ2) is 12.2. The zero-order valence-electron chi connectivity index (χ0n) is 28.5. The SMILES string of the molecule is COc1cc2c(cc1-n1nc(C(=O)NCCN3CCC4(COC4)C3)c3cnc(-c4cnn5cccnc45)cc31)OCCN2C(=O)OC(C)(C)C. The number of fused-ring (bicyclic) bond motifs is 3. The summed E-state index contributed by atoms with van der Waals surface area (Å²) in [6.45, 7) is 10.9. The maximum atomic E-state index is 13.8. The van der Waals surface area contributed by atoms with Gasteiger partial charge in [-0.3, -0.25) is 14.7 Å². The number of hydrogen-bond donors (Lipinski definition) is 1. The Kier molecular flexibility index (Phi) is 7.83. The number of anilines is 1. The van der Waals surface area contributed by atoms with E-state index in [1.54, 1.807) is 53.1 Å². The predicted molar refractivity (Wildman–Crippen MR) is 183 cm³/mol. The van der Waals surface area contributed by atoms with Gasteiger partial charge in [-0.1, -0.05) is 0 Å². The smallest absolute Gasteiger partial charge is 0.415 e. The van der Waals surface area contributed by atoms with E-state index < -0.39 is 11.7 Å². The lowest BCUT2D eigenvalue weighted by Gasteiger charge is -2.37. The molecule has 4 aromatic heterocycles. The molecule has 0 radical (unpaired) electrons. The first-order chi connectivity index (χ1) is 24.1. The number of nitrogens with one attached hydrogen (secondary N) is 1. The fraction of sp³-hybridized carbons (Fsp3) is 0.429. The van der Waals surface area contributed by atoms with Gasteiger partial charge in [-0.25, -0.2) is 19.0 Å². The van der Waals surface area contributed by atoms with Crippen molar-refractivity contribution >= 4 is 34.2 Å². The number of benzene rings is 1. The van der Waals surface area contributed by atoms with Gasteiger partial charge in [0.1, 0.15) is 29.4 Å². The van der Waals surface area contributed by atoms with Crippen molar-refractivity contribution in [3.8, 4) is 28.4 Å². The number of methoxy groups -OCH3 is 1. The van der Waals surface area contributed by atoms with Gasteiger partial charge in [-0.15, -0.1) is 0 Å². The Morgan fingerprint density at radius 2 is 1.94 bits per heavy atom. The highest BCUT2D eigenvalue weighted by atomic mass is 16.6. The van der Waals surface area contributed by atoms with Crippen LogP contribution in [0, 0.1) is 5.41 Å². The molecule has 15 heteroatoms. The first-order valence-electron chi connectivity index (χ1n) is 16.7. The van der Waals surface area contributed by atoms with E-state index in [4.69, 9.17) is 29.0 Å². The van der Waals surface area contributed by atoms with Gasteiger partial charge in [0, 0.05) is 55.8 Å². The van der Waals surface area contributed by atoms with E-state index in [9.17, 15) is 9.59 Å². The maximum absolute atomic E-state index is 13.8. The van der Waals surface area contributed by atoms with Gasteiger partial charge in [-0.05, 0) is 45.9 Å². The number of carbonyl (C=O) groups excluding carboxylic acids is 2. The molecule has 50 heavy (non-hydrogen) atoms. The molecular weight excluding hydrogens is 642 g/mol. The van der Waals surface area contributed by atoms with E-state index in [1.807, 2.05) is 33.0 Å². The highest BCUT2D eigenvalue weighted by molar-refractivity contribution is 6.06. The quantitative estimate of drug-likeness (QED) is 0.268. The van der Waals surface area contributed by atoms with E-state index in [1.165, 1.54) is 4.90 Å². The summed E-state index contributed by atoms with van der Waals surface area (Å²) in [5.41, 5.74) is 3.43. The number of aromatic nitrogens is 6. The molecule has 2 amide bonds. The number of ether oxygens (including phenoxy) is 4. The Morgan fingerprint density at radius 3 is 2.70 bits per heavy atom. The van der Waals surface area contributed by atoms with Crippen molar-refractivity contribution < 1.29 is 28.5 Å². The van der Waals surface area contributed by atoms with E-state index in [0.29, 0.717) is 58.2 Å². The summed E-state index contributed by atoms with van der Waals surface area (Å²) in [5, 5.41) is 12.9. The standard InChI is InChI=1S/C35H39N9O6/c1-34(2,3)50-33(46)42-12-13-49-29-16-27(28(47-4)15-26(29)42)44-25-14-24(22-18-39-43-9-5-7-36-31(22)43)38-17-23(25)30(40-44)32(45)37-8-11-41-10-6-35(19-41)20-48-21-35/h5,7,9,14-18H,6,8,10-13,19-21H2,1-4H3,(H,37,45). The topological polar surface area (TPSA) is 150 Å². The molecule has 5 aromatic rings. The third-order valence-electron chi connectivity index (χ3n) is 9.35. The van der Waals surface area contributed by atoms with Crippen LogP contribution in [0.4, 0.5) is 10.5 Å². The van der Waals surface area contributed by atoms with Crippen LogP contribution in [0.1, 0.15) is 37.7 Å². The average molecular weight is 682 g/mol. The minimum atomic E-state index is -0.672. The molecule has 3 aliphatic rings. The third kappa shape index (κ3) is 5.75. The molecule has 2 saturated heterocycles. The molecule has 0 unspecified atom stereocenters. The van der Waals surface area contributed by atoms with Crippen molar-refractivity contribution in [1.82, 2.24) is 39.6 Å². The molecule has 8 rings (SSSR count). The summed E-state index contributed by atoms with van der Waals surface area (Å²) in [7, 11) is 1.54. The second-order valence-electron chi connectivity index (χ2n) is 14.0. The molecule has 0 atom stereocenters. The van der Waals surface area contributed by atoms with Gasteiger partial charge in [0.15, 0.2) is 11.3 Å². The monoisotopic (exact) mass is 681 g/mol. The number of amides is 2. The Morgan fingerprint density at radius 1 is 1.08 bits per heavy atom. The molecule has 0 aliphatic carbocycles. The van der Waals surface area contributed by atoms with Crippen LogP contribution in [-0.4, -0.2) is 112 Å². The first-order valence-corrected chi connectivity index (χ1v) is 16.7.